The summed E-state index contributed by atoms with van der Waals surface area (Å²) in [6, 6.07) is 9.74. The van der Waals surface area contributed by atoms with Gasteiger partial charge in [-0.2, -0.15) is 0 Å². The molecule has 0 bridgehead atoms. The number of benzene rings is 1. The second-order valence-corrected chi connectivity index (χ2v) is 9.13. The van der Waals surface area contributed by atoms with E-state index >= 15 is 0 Å². The maximum Gasteiger partial charge on any atom is 0.119 e. The zero-order valence-corrected chi connectivity index (χ0v) is 17.7. The quantitative estimate of drug-likeness (QED) is 0.629. The van der Waals surface area contributed by atoms with Gasteiger partial charge in [0.1, 0.15) is 5.75 Å². The van der Waals surface area contributed by atoms with E-state index in [9.17, 15) is 0 Å². The molecule has 4 nitrogen and oxygen atoms in total. The number of hydrogen-bond donors (Lipinski definition) is 0. The molecule has 0 amide bonds. The average Bonchev–Trinajstić information content (AvgIpc) is 3.39. The fourth-order valence-electron chi connectivity index (χ4n) is 5.31. The Hall–Kier alpha value is -1.10. The second-order valence-electron chi connectivity index (χ2n) is 9.13. The van der Waals surface area contributed by atoms with E-state index < -0.39 is 0 Å². The molecule has 0 aromatic heterocycles. The Labute approximate surface area is 171 Å². The SMILES string of the molecule is C[C@@H]1CCCN1CC1(c2ccc(OCCCN3CCCC3)cc2)CCOCC1. The summed E-state index contributed by atoms with van der Waals surface area (Å²) in [7, 11) is 0. The summed E-state index contributed by atoms with van der Waals surface area (Å²) in [5.74, 6) is 1.02. The highest BCUT2D eigenvalue weighted by Crippen LogP contribution is 2.38. The van der Waals surface area contributed by atoms with Gasteiger partial charge in [0.15, 0.2) is 0 Å². The first-order valence-electron chi connectivity index (χ1n) is 11.5. The Kier molecular flexibility index (Phi) is 6.92. The van der Waals surface area contributed by atoms with Crippen LogP contribution in [-0.2, 0) is 10.2 Å². The third kappa shape index (κ3) is 4.90. The van der Waals surface area contributed by atoms with Crippen LogP contribution in [0.15, 0.2) is 24.3 Å². The number of likely N-dealkylation sites (tertiary alicyclic amines) is 2. The number of rotatable bonds is 8. The zero-order chi connectivity index (χ0) is 19.2. The smallest absolute Gasteiger partial charge is 0.119 e. The molecule has 0 aliphatic carbocycles. The molecular formula is C24H38N2O2. The lowest BCUT2D eigenvalue weighted by Gasteiger charge is -2.41. The zero-order valence-electron chi connectivity index (χ0n) is 17.7. The van der Waals surface area contributed by atoms with Crippen molar-refractivity contribution < 1.29 is 9.47 Å². The van der Waals surface area contributed by atoms with Crippen molar-refractivity contribution in [3.8, 4) is 5.75 Å². The molecule has 3 aliphatic rings. The van der Waals surface area contributed by atoms with Crippen LogP contribution in [0.25, 0.3) is 0 Å². The van der Waals surface area contributed by atoms with E-state index in [-0.39, 0.29) is 5.41 Å². The molecule has 1 aromatic rings. The third-order valence-corrected chi connectivity index (χ3v) is 7.20. The van der Waals surface area contributed by atoms with Crippen molar-refractivity contribution in [1.82, 2.24) is 9.80 Å². The Balaban J connectivity index is 1.34. The fourth-order valence-corrected chi connectivity index (χ4v) is 5.31. The summed E-state index contributed by atoms with van der Waals surface area (Å²) in [6.45, 7) is 11.1. The van der Waals surface area contributed by atoms with Gasteiger partial charge in [-0.1, -0.05) is 12.1 Å². The van der Waals surface area contributed by atoms with Crippen LogP contribution in [0.3, 0.4) is 0 Å². The molecule has 28 heavy (non-hydrogen) atoms. The predicted octanol–water partition coefficient (Wildman–Crippen LogP) is 4.08. The van der Waals surface area contributed by atoms with Gasteiger partial charge in [0.05, 0.1) is 6.61 Å². The van der Waals surface area contributed by atoms with Crippen LogP contribution >= 0.6 is 0 Å². The van der Waals surface area contributed by atoms with Crippen molar-refractivity contribution >= 4 is 0 Å². The summed E-state index contributed by atoms with van der Waals surface area (Å²) in [5, 5.41) is 0. The molecule has 0 unspecified atom stereocenters. The maximum absolute atomic E-state index is 6.03. The van der Waals surface area contributed by atoms with Gasteiger partial charge in [-0.3, -0.25) is 4.90 Å². The summed E-state index contributed by atoms with van der Waals surface area (Å²) >= 11 is 0. The Morgan fingerprint density at radius 3 is 2.46 bits per heavy atom. The molecule has 3 aliphatic heterocycles. The standard InChI is InChI=1S/C24H38N2O2/c1-21-6-4-16-26(21)20-24(11-18-27-19-12-24)22-7-9-23(10-8-22)28-17-5-15-25-13-2-3-14-25/h7-10,21H,2-6,11-20H2,1H3/t21-/m1/s1. The van der Waals surface area contributed by atoms with Crippen LogP contribution in [0, 0.1) is 0 Å². The van der Waals surface area contributed by atoms with E-state index in [0.29, 0.717) is 0 Å². The van der Waals surface area contributed by atoms with Crippen molar-refractivity contribution in [2.24, 2.45) is 0 Å². The highest BCUT2D eigenvalue weighted by Gasteiger charge is 2.38. The lowest BCUT2D eigenvalue weighted by molar-refractivity contribution is 0.0328. The minimum absolute atomic E-state index is 0.241. The number of hydrogen-bond acceptors (Lipinski definition) is 4. The van der Waals surface area contributed by atoms with Crippen molar-refractivity contribution in [3.63, 3.8) is 0 Å². The van der Waals surface area contributed by atoms with Crippen molar-refractivity contribution in [2.45, 2.75) is 63.3 Å². The molecule has 0 N–H and O–H groups in total. The Morgan fingerprint density at radius 1 is 1.04 bits per heavy atom. The van der Waals surface area contributed by atoms with E-state index in [1.165, 1.54) is 64.0 Å². The third-order valence-electron chi connectivity index (χ3n) is 7.20. The molecule has 4 rings (SSSR count). The minimum Gasteiger partial charge on any atom is -0.494 e. The van der Waals surface area contributed by atoms with E-state index in [1.807, 2.05) is 0 Å². The lowest BCUT2D eigenvalue weighted by atomic mass is 9.73. The van der Waals surface area contributed by atoms with Crippen LogP contribution in [-0.4, -0.2) is 68.4 Å². The number of nitrogens with zero attached hydrogens (tertiary/aromatic N) is 2. The summed E-state index contributed by atoms with van der Waals surface area (Å²) in [5.41, 5.74) is 1.71. The highest BCUT2D eigenvalue weighted by atomic mass is 16.5. The first-order valence-corrected chi connectivity index (χ1v) is 11.5. The number of ether oxygens (including phenoxy) is 2. The molecule has 4 heteroatoms. The highest BCUT2D eigenvalue weighted by molar-refractivity contribution is 5.33. The topological polar surface area (TPSA) is 24.9 Å². The summed E-state index contributed by atoms with van der Waals surface area (Å²) in [4.78, 5) is 5.26. The molecule has 0 spiro atoms. The van der Waals surface area contributed by atoms with Crippen LogP contribution < -0.4 is 4.74 Å². The van der Waals surface area contributed by atoms with E-state index in [1.54, 1.807) is 0 Å². The molecule has 0 saturated carbocycles. The molecule has 1 aromatic carbocycles. The van der Waals surface area contributed by atoms with Gasteiger partial charge in [0, 0.05) is 37.8 Å². The largest absolute Gasteiger partial charge is 0.494 e. The first-order chi connectivity index (χ1) is 13.8. The first kappa shape index (κ1) is 20.2. The van der Waals surface area contributed by atoms with Gasteiger partial charge >= 0.3 is 0 Å². The van der Waals surface area contributed by atoms with Gasteiger partial charge in [-0.25, -0.2) is 0 Å². The molecule has 0 radical (unpaired) electrons. The van der Waals surface area contributed by atoms with Crippen LogP contribution in [0.4, 0.5) is 0 Å². The van der Waals surface area contributed by atoms with E-state index in [0.717, 1.165) is 50.9 Å². The van der Waals surface area contributed by atoms with Gasteiger partial charge < -0.3 is 14.4 Å². The van der Waals surface area contributed by atoms with E-state index in [4.69, 9.17) is 9.47 Å². The summed E-state index contributed by atoms with van der Waals surface area (Å²) in [6.07, 6.45) is 8.81. The second kappa shape index (κ2) is 9.60. The Bertz CT molecular complexity index is 591. The van der Waals surface area contributed by atoms with Crippen LogP contribution in [0.2, 0.25) is 0 Å². The maximum atomic E-state index is 6.03. The molecule has 3 saturated heterocycles. The van der Waals surface area contributed by atoms with Crippen LogP contribution in [0.1, 0.15) is 57.4 Å². The fraction of sp³-hybridized carbons (Fsp3) is 0.750. The average molecular weight is 387 g/mol. The molecular weight excluding hydrogens is 348 g/mol. The van der Waals surface area contributed by atoms with Gasteiger partial charge in [0.25, 0.3) is 0 Å². The molecule has 156 valence electrons. The Morgan fingerprint density at radius 2 is 1.79 bits per heavy atom. The van der Waals surface area contributed by atoms with Gasteiger partial charge in [-0.15, -0.1) is 0 Å². The van der Waals surface area contributed by atoms with E-state index in [2.05, 4.69) is 41.0 Å². The molecule has 3 fully saturated rings. The normalized spacial score (nSPS) is 26.0. The molecule has 3 heterocycles. The van der Waals surface area contributed by atoms with Crippen molar-refractivity contribution in [1.29, 1.82) is 0 Å². The molecule has 1 atom stereocenters. The predicted molar refractivity (Wildman–Crippen MR) is 114 cm³/mol. The summed E-state index contributed by atoms with van der Waals surface area (Å²) < 4.78 is 11.8. The van der Waals surface area contributed by atoms with Gasteiger partial charge in [0.2, 0.25) is 0 Å². The minimum atomic E-state index is 0.241. The monoisotopic (exact) mass is 386 g/mol. The van der Waals surface area contributed by atoms with Crippen molar-refractivity contribution in [3.05, 3.63) is 29.8 Å². The van der Waals surface area contributed by atoms with Crippen molar-refractivity contribution in [2.75, 3.05) is 52.5 Å². The lowest BCUT2D eigenvalue weighted by Crippen LogP contribution is -2.45. The van der Waals surface area contributed by atoms with Gasteiger partial charge in [-0.05, 0) is 89.2 Å². The van der Waals surface area contributed by atoms with Crippen LogP contribution in [0.5, 0.6) is 5.75 Å².